The van der Waals surface area contributed by atoms with E-state index < -0.39 is 0 Å². The number of thioether (sulfide) groups is 1. The molecule has 16 heavy (non-hydrogen) atoms. The maximum Gasteiger partial charge on any atom is 0.157 e. The number of amidine groups is 1. The van der Waals surface area contributed by atoms with E-state index in [0.29, 0.717) is 0 Å². The van der Waals surface area contributed by atoms with Gasteiger partial charge in [-0.3, -0.25) is 4.99 Å². The van der Waals surface area contributed by atoms with Gasteiger partial charge in [-0.15, -0.1) is 0 Å². The van der Waals surface area contributed by atoms with Gasteiger partial charge in [0.15, 0.2) is 5.17 Å². The maximum absolute atomic E-state index is 5.51. The molecule has 0 atom stereocenters. The molecule has 1 aliphatic heterocycles. The summed E-state index contributed by atoms with van der Waals surface area (Å²) in [7, 11) is 0. The summed E-state index contributed by atoms with van der Waals surface area (Å²) >= 11 is 1.80. The fourth-order valence-electron chi connectivity index (χ4n) is 1.33. The molecule has 0 spiro atoms. The molecule has 1 heterocycles. The van der Waals surface area contributed by atoms with E-state index in [9.17, 15) is 0 Å². The molecule has 0 aromatic heterocycles. The first-order valence-electron chi connectivity index (χ1n) is 6.03. The van der Waals surface area contributed by atoms with E-state index in [-0.39, 0.29) is 5.54 Å². The molecule has 1 N–H and O–H groups in total. The Bertz CT molecular complexity index is 239. The van der Waals surface area contributed by atoms with Crippen LogP contribution >= 0.6 is 11.8 Å². The molecule has 0 unspecified atom stereocenters. The number of nitrogens with zero attached hydrogens (tertiary/aromatic N) is 1. The lowest BCUT2D eigenvalue weighted by molar-refractivity contribution is 0.131. The number of hydrogen-bond acceptors (Lipinski definition) is 3. The van der Waals surface area contributed by atoms with Crippen LogP contribution in [-0.2, 0) is 4.74 Å². The van der Waals surface area contributed by atoms with E-state index in [1.165, 1.54) is 0 Å². The van der Waals surface area contributed by atoms with Crippen molar-refractivity contribution in [1.29, 1.82) is 0 Å². The molecular formula is C12H24N2OS. The second-order valence-corrected chi connectivity index (χ2v) is 6.24. The maximum atomic E-state index is 5.51. The van der Waals surface area contributed by atoms with E-state index in [0.717, 1.165) is 43.0 Å². The Balaban J connectivity index is 2.05. The second kappa shape index (κ2) is 6.50. The lowest BCUT2D eigenvalue weighted by Crippen LogP contribution is -2.37. The average molecular weight is 244 g/mol. The minimum absolute atomic E-state index is 0.196. The number of nitrogens with one attached hydrogen (secondary N) is 1. The van der Waals surface area contributed by atoms with Gasteiger partial charge in [-0.2, -0.15) is 0 Å². The molecule has 94 valence electrons. The summed E-state index contributed by atoms with van der Waals surface area (Å²) in [5, 5.41) is 4.46. The van der Waals surface area contributed by atoms with E-state index >= 15 is 0 Å². The lowest BCUT2D eigenvalue weighted by atomic mass is 10.1. The van der Waals surface area contributed by atoms with Gasteiger partial charge in [-0.25, -0.2) is 0 Å². The molecule has 1 aliphatic rings. The van der Waals surface area contributed by atoms with Gasteiger partial charge in [-0.1, -0.05) is 25.6 Å². The largest absolute Gasteiger partial charge is 0.380 e. The van der Waals surface area contributed by atoms with Crippen LogP contribution in [0.15, 0.2) is 4.99 Å². The topological polar surface area (TPSA) is 33.6 Å². The third-order valence-corrected chi connectivity index (χ3v) is 3.72. The number of aliphatic imine (C=N–C) groups is 1. The highest BCUT2D eigenvalue weighted by Crippen LogP contribution is 2.21. The minimum atomic E-state index is 0.196. The molecule has 0 aromatic rings. The molecule has 0 radical (unpaired) electrons. The van der Waals surface area contributed by atoms with Gasteiger partial charge in [0, 0.05) is 17.9 Å². The third kappa shape index (κ3) is 5.75. The average Bonchev–Trinajstić information content (AvgIpc) is 2.51. The van der Waals surface area contributed by atoms with Crippen LogP contribution in [-0.4, -0.2) is 36.2 Å². The summed E-state index contributed by atoms with van der Waals surface area (Å²) in [6, 6.07) is 0. The first kappa shape index (κ1) is 13.8. The number of ether oxygens (including phenoxy) is 1. The van der Waals surface area contributed by atoms with Gasteiger partial charge in [0.2, 0.25) is 0 Å². The smallest absolute Gasteiger partial charge is 0.157 e. The van der Waals surface area contributed by atoms with Gasteiger partial charge in [0.1, 0.15) is 0 Å². The molecule has 3 nitrogen and oxygen atoms in total. The summed E-state index contributed by atoms with van der Waals surface area (Å²) in [6.07, 6.45) is 1.14. The van der Waals surface area contributed by atoms with Crippen LogP contribution in [0.25, 0.3) is 0 Å². The van der Waals surface area contributed by atoms with E-state index in [1.54, 1.807) is 11.8 Å². The third-order valence-electron chi connectivity index (χ3n) is 2.35. The highest BCUT2D eigenvalue weighted by atomic mass is 32.2. The molecule has 0 bridgehead atoms. The molecule has 1 saturated heterocycles. The zero-order valence-electron chi connectivity index (χ0n) is 10.9. The van der Waals surface area contributed by atoms with Gasteiger partial charge < -0.3 is 10.1 Å². The standard InChI is InChI=1S/C12H24N2OS/c1-10(2)5-7-15-8-6-13-11-14-12(3,4)9-16-11/h10H,5-9H2,1-4H3,(H,13,14). The van der Waals surface area contributed by atoms with E-state index in [1.807, 2.05) is 0 Å². The van der Waals surface area contributed by atoms with Crippen molar-refractivity contribution in [2.75, 3.05) is 25.5 Å². The zero-order valence-corrected chi connectivity index (χ0v) is 11.7. The fourth-order valence-corrected chi connectivity index (χ4v) is 2.43. The lowest BCUT2D eigenvalue weighted by Gasteiger charge is -2.15. The molecular weight excluding hydrogens is 220 g/mol. The van der Waals surface area contributed by atoms with E-state index in [4.69, 9.17) is 4.74 Å². The summed E-state index contributed by atoms with van der Waals surface area (Å²) in [5.74, 6) is 1.82. The molecule has 4 heteroatoms. The van der Waals surface area contributed by atoms with Crippen LogP contribution in [0.3, 0.4) is 0 Å². The van der Waals surface area contributed by atoms with Crippen LogP contribution in [0.4, 0.5) is 0 Å². The number of rotatable bonds is 6. The Morgan fingerprint density at radius 1 is 1.44 bits per heavy atom. The van der Waals surface area contributed by atoms with Crippen molar-refractivity contribution in [3.63, 3.8) is 0 Å². The number of hydrogen-bond donors (Lipinski definition) is 1. The first-order chi connectivity index (χ1) is 7.49. The molecule has 0 amide bonds. The van der Waals surface area contributed by atoms with E-state index in [2.05, 4.69) is 38.0 Å². The molecule has 0 aromatic carbocycles. The van der Waals surface area contributed by atoms with Crippen LogP contribution < -0.4 is 5.32 Å². The SMILES string of the molecule is CC(C)CCOCCN=C1NC(C)(C)CS1. The molecule has 1 fully saturated rings. The van der Waals surface area contributed by atoms with Crippen LogP contribution in [0.5, 0.6) is 0 Å². The molecule has 1 rings (SSSR count). The quantitative estimate of drug-likeness (QED) is 0.729. The Labute approximate surface area is 103 Å². The van der Waals surface area contributed by atoms with Crippen molar-refractivity contribution in [2.24, 2.45) is 10.9 Å². The zero-order chi connectivity index (χ0) is 12.0. The van der Waals surface area contributed by atoms with Gasteiger partial charge in [0.05, 0.1) is 13.2 Å². The van der Waals surface area contributed by atoms with Crippen LogP contribution in [0.2, 0.25) is 0 Å². The Morgan fingerprint density at radius 3 is 2.75 bits per heavy atom. The summed E-state index contributed by atoms with van der Waals surface area (Å²) in [5.41, 5.74) is 0.196. The van der Waals surface area contributed by atoms with Crippen molar-refractivity contribution in [3.8, 4) is 0 Å². The van der Waals surface area contributed by atoms with Crippen molar-refractivity contribution in [2.45, 2.75) is 39.7 Å². The Hall–Kier alpha value is -0.220. The monoisotopic (exact) mass is 244 g/mol. The molecule has 0 saturated carbocycles. The minimum Gasteiger partial charge on any atom is -0.380 e. The first-order valence-corrected chi connectivity index (χ1v) is 7.01. The Kier molecular flexibility index (Phi) is 5.62. The Morgan fingerprint density at radius 2 is 2.19 bits per heavy atom. The normalized spacial score (nSPS) is 21.7. The predicted octanol–water partition coefficient (Wildman–Crippen LogP) is 2.52. The van der Waals surface area contributed by atoms with Crippen molar-refractivity contribution in [3.05, 3.63) is 0 Å². The van der Waals surface area contributed by atoms with Crippen LogP contribution in [0, 0.1) is 5.92 Å². The second-order valence-electron chi connectivity index (χ2n) is 5.28. The molecule has 0 aliphatic carbocycles. The van der Waals surface area contributed by atoms with Crippen molar-refractivity contribution in [1.82, 2.24) is 5.32 Å². The van der Waals surface area contributed by atoms with Gasteiger partial charge in [0.25, 0.3) is 0 Å². The van der Waals surface area contributed by atoms with Gasteiger partial charge in [-0.05, 0) is 26.2 Å². The highest BCUT2D eigenvalue weighted by molar-refractivity contribution is 8.14. The summed E-state index contributed by atoms with van der Waals surface area (Å²) in [4.78, 5) is 4.48. The fraction of sp³-hybridized carbons (Fsp3) is 0.917. The highest BCUT2D eigenvalue weighted by Gasteiger charge is 2.26. The van der Waals surface area contributed by atoms with Crippen molar-refractivity contribution >= 4 is 16.9 Å². The summed E-state index contributed by atoms with van der Waals surface area (Å²) < 4.78 is 5.51. The predicted molar refractivity (Wildman–Crippen MR) is 72.2 cm³/mol. The summed E-state index contributed by atoms with van der Waals surface area (Å²) in [6.45, 7) is 11.2. The van der Waals surface area contributed by atoms with Crippen molar-refractivity contribution < 1.29 is 4.74 Å². The van der Waals surface area contributed by atoms with Crippen LogP contribution in [0.1, 0.15) is 34.1 Å². The van der Waals surface area contributed by atoms with Gasteiger partial charge >= 0.3 is 0 Å².